The maximum atomic E-state index is 13.0. The van der Waals surface area contributed by atoms with Crippen molar-refractivity contribution in [3.63, 3.8) is 0 Å². The summed E-state index contributed by atoms with van der Waals surface area (Å²) in [5.41, 5.74) is 1.35. The number of benzene rings is 2. The predicted octanol–water partition coefficient (Wildman–Crippen LogP) is 4.22. The maximum absolute atomic E-state index is 13.0. The van der Waals surface area contributed by atoms with Crippen LogP contribution in [0.1, 0.15) is 31.0 Å². The molecule has 1 saturated heterocycles. The molecule has 1 atom stereocenters. The average Bonchev–Trinajstić information content (AvgIpc) is 3.05. The topological polar surface area (TPSA) is 70.1 Å². The van der Waals surface area contributed by atoms with Gasteiger partial charge in [-0.05, 0) is 55.1 Å². The second-order valence-corrected chi connectivity index (χ2v) is 8.22. The Morgan fingerprint density at radius 1 is 1.06 bits per heavy atom. The monoisotopic (exact) mass is 486 g/mol. The van der Waals surface area contributed by atoms with Crippen LogP contribution in [0.25, 0.3) is 5.76 Å². The van der Waals surface area contributed by atoms with Gasteiger partial charge in [0.2, 0.25) is 0 Å². The molecule has 164 valence electrons. The number of Topliss-reactive ketones (excluding diaryl/α,β-unsaturated/α-hetero) is 1. The molecule has 1 aliphatic rings. The van der Waals surface area contributed by atoms with E-state index in [1.807, 2.05) is 24.3 Å². The van der Waals surface area contributed by atoms with Gasteiger partial charge >= 0.3 is 0 Å². The smallest absolute Gasteiger partial charge is 0.295 e. The lowest BCUT2D eigenvalue weighted by Gasteiger charge is -2.28. The average molecular weight is 487 g/mol. The van der Waals surface area contributed by atoms with E-state index in [0.717, 1.165) is 23.1 Å². The van der Waals surface area contributed by atoms with Crippen LogP contribution in [0.15, 0.2) is 58.6 Å². The molecule has 0 spiro atoms. The third-order valence-electron chi connectivity index (χ3n) is 5.64. The van der Waals surface area contributed by atoms with Crippen LogP contribution in [0.5, 0.6) is 5.75 Å². The zero-order chi connectivity index (χ0) is 22.5. The zero-order valence-corrected chi connectivity index (χ0v) is 19.6. The molecule has 1 amide bonds. The van der Waals surface area contributed by atoms with E-state index in [2.05, 4.69) is 34.7 Å². The van der Waals surface area contributed by atoms with Crippen LogP contribution in [0.2, 0.25) is 0 Å². The van der Waals surface area contributed by atoms with Gasteiger partial charge in [0, 0.05) is 23.1 Å². The molecule has 7 heteroatoms. The Bertz CT molecular complexity index is 966. The van der Waals surface area contributed by atoms with Gasteiger partial charge in [-0.3, -0.25) is 9.59 Å². The molecule has 0 saturated carbocycles. The van der Waals surface area contributed by atoms with Crippen LogP contribution in [-0.2, 0) is 9.59 Å². The number of likely N-dealkylation sites (tertiary alicyclic amines) is 1. The Labute approximate surface area is 191 Å². The summed E-state index contributed by atoms with van der Waals surface area (Å²) in [5, 5.41) is 11.1. The molecule has 31 heavy (non-hydrogen) atoms. The number of nitrogens with zero attached hydrogens (tertiary/aromatic N) is 2. The number of rotatable bonds is 8. The number of methoxy groups -OCH3 is 1. The minimum Gasteiger partial charge on any atom is -0.507 e. The van der Waals surface area contributed by atoms with Gasteiger partial charge in [-0.1, -0.05) is 41.9 Å². The first kappa shape index (κ1) is 23.0. The van der Waals surface area contributed by atoms with Crippen molar-refractivity contribution >= 4 is 33.4 Å². The van der Waals surface area contributed by atoms with Gasteiger partial charge in [0.05, 0.1) is 18.7 Å². The molecular formula is C24H27BrN2O4. The van der Waals surface area contributed by atoms with E-state index in [1.165, 1.54) is 0 Å². The number of likely N-dealkylation sites (N-methyl/N-ethyl adjacent to an activating group) is 1. The second-order valence-electron chi connectivity index (χ2n) is 7.30. The Balaban J connectivity index is 2.07. The van der Waals surface area contributed by atoms with Crippen molar-refractivity contribution in [1.29, 1.82) is 0 Å². The minimum atomic E-state index is -0.666. The van der Waals surface area contributed by atoms with Gasteiger partial charge in [0.1, 0.15) is 11.5 Å². The van der Waals surface area contributed by atoms with Crippen LogP contribution >= 0.6 is 15.9 Å². The molecule has 0 aliphatic carbocycles. The molecule has 6 nitrogen and oxygen atoms in total. The third kappa shape index (κ3) is 4.83. The van der Waals surface area contributed by atoms with E-state index >= 15 is 0 Å². The van der Waals surface area contributed by atoms with Crippen LogP contribution in [0.4, 0.5) is 0 Å². The molecule has 0 radical (unpaired) electrons. The first-order valence-corrected chi connectivity index (χ1v) is 11.1. The normalized spacial score (nSPS) is 18.1. The number of ether oxygens (including phenoxy) is 1. The summed E-state index contributed by atoms with van der Waals surface area (Å²) in [6, 6.07) is 13.6. The van der Waals surface area contributed by atoms with Crippen LogP contribution in [-0.4, -0.2) is 59.9 Å². The number of amides is 1. The lowest BCUT2D eigenvalue weighted by Crippen LogP contribution is -2.38. The Kier molecular flexibility index (Phi) is 7.51. The van der Waals surface area contributed by atoms with Crippen LogP contribution in [0, 0.1) is 0 Å². The highest BCUT2D eigenvalue weighted by Crippen LogP contribution is 2.39. The van der Waals surface area contributed by atoms with Crippen molar-refractivity contribution in [3.05, 3.63) is 69.7 Å². The molecule has 1 N–H and O–H groups in total. The number of ketones is 1. The van der Waals surface area contributed by atoms with E-state index in [1.54, 1.807) is 36.3 Å². The van der Waals surface area contributed by atoms with Crippen molar-refractivity contribution in [1.82, 2.24) is 9.80 Å². The van der Waals surface area contributed by atoms with Crippen LogP contribution < -0.4 is 4.74 Å². The van der Waals surface area contributed by atoms with E-state index < -0.39 is 17.7 Å². The van der Waals surface area contributed by atoms with E-state index in [4.69, 9.17) is 4.74 Å². The van der Waals surface area contributed by atoms with E-state index in [-0.39, 0.29) is 11.3 Å². The van der Waals surface area contributed by atoms with Crippen molar-refractivity contribution in [2.45, 2.75) is 19.9 Å². The third-order valence-corrected chi connectivity index (χ3v) is 6.17. The van der Waals surface area contributed by atoms with Crippen molar-refractivity contribution < 1.29 is 19.4 Å². The molecule has 3 rings (SSSR count). The molecule has 2 aromatic carbocycles. The van der Waals surface area contributed by atoms with Crippen LogP contribution in [0.3, 0.4) is 0 Å². The highest BCUT2D eigenvalue weighted by Gasteiger charge is 2.45. The quantitative estimate of drug-likeness (QED) is 0.343. The zero-order valence-electron chi connectivity index (χ0n) is 18.0. The number of hydrogen-bond donors (Lipinski definition) is 1. The van der Waals surface area contributed by atoms with Gasteiger partial charge in [-0.2, -0.15) is 0 Å². The molecule has 1 aliphatic heterocycles. The Morgan fingerprint density at radius 2 is 1.68 bits per heavy atom. The molecular weight excluding hydrogens is 460 g/mol. The summed E-state index contributed by atoms with van der Waals surface area (Å²) in [7, 11) is 1.56. The van der Waals surface area contributed by atoms with Gasteiger partial charge in [-0.15, -0.1) is 0 Å². The van der Waals surface area contributed by atoms with Crippen molar-refractivity contribution in [3.8, 4) is 5.75 Å². The predicted molar refractivity (Wildman–Crippen MR) is 124 cm³/mol. The van der Waals surface area contributed by atoms with Crippen molar-refractivity contribution in [2.75, 3.05) is 33.3 Å². The number of carbonyl (C=O) groups excluding carboxylic acids is 2. The fourth-order valence-electron chi connectivity index (χ4n) is 3.80. The highest BCUT2D eigenvalue weighted by atomic mass is 79.9. The number of aliphatic hydroxyl groups excluding tert-OH is 1. The number of aliphatic hydroxyl groups is 1. The fraction of sp³-hybridized carbons (Fsp3) is 0.333. The summed E-state index contributed by atoms with van der Waals surface area (Å²) in [4.78, 5) is 29.8. The summed E-state index contributed by atoms with van der Waals surface area (Å²) in [6.45, 7) is 6.88. The standard InChI is InChI=1S/C24H27BrN2O4/c1-4-26(5-2)14-15-27-21(16-6-10-18(25)11-7-16)20(23(29)24(27)30)22(28)17-8-12-19(31-3)13-9-17/h6-13,21,28H,4-5,14-15H2,1-3H3/t21-/m1/s1. The fourth-order valence-corrected chi connectivity index (χ4v) is 4.06. The number of halogens is 1. The molecule has 1 fully saturated rings. The molecule has 0 aromatic heterocycles. The highest BCUT2D eigenvalue weighted by molar-refractivity contribution is 9.10. The first-order chi connectivity index (χ1) is 14.9. The van der Waals surface area contributed by atoms with Gasteiger partial charge < -0.3 is 19.6 Å². The van der Waals surface area contributed by atoms with Gasteiger partial charge in [0.25, 0.3) is 11.7 Å². The number of carbonyl (C=O) groups is 2. The Hall–Kier alpha value is -2.64. The first-order valence-electron chi connectivity index (χ1n) is 10.3. The minimum absolute atomic E-state index is 0.108. The summed E-state index contributed by atoms with van der Waals surface area (Å²) < 4.78 is 6.07. The molecule has 1 heterocycles. The lowest BCUT2D eigenvalue weighted by atomic mass is 9.95. The molecule has 2 aromatic rings. The summed E-state index contributed by atoms with van der Waals surface area (Å²) in [6.07, 6.45) is 0. The largest absolute Gasteiger partial charge is 0.507 e. The SMILES string of the molecule is CCN(CC)CCN1C(=O)C(=O)C(=C(O)c2ccc(OC)cc2)[C@H]1c1ccc(Br)cc1. The maximum Gasteiger partial charge on any atom is 0.295 e. The summed E-state index contributed by atoms with van der Waals surface area (Å²) >= 11 is 3.43. The molecule has 0 unspecified atom stereocenters. The lowest BCUT2D eigenvalue weighted by molar-refractivity contribution is -0.140. The van der Waals surface area contributed by atoms with E-state index in [0.29, 0.717) is 24.4 Å². The van der Waals surface area contributed by atoms with E-state index in [9.17, 15) is 14.7 Å². The molecule has 0 bridgehead atoms. The van der Waals surface area contributed by atoms with Gasteiger partial charge in [-0.25, -0.2) is 0 Å². The van der Waals surface area contributed by atoms with Gasteiger partial charge in [0.15, 0.2) is 0 Å². The second kappa shape index (κ2) is 10.1. The van der Waals surface area contributed by atoms with Crippen molar-refractivity contribution in [2.24, 2.45) is 0 Å². The summed E-state index contributed by atoms with van der Waals surface area (Å²) in [5.74, 6) is -0.795. The number of hydrogen-bond acceptors (Lipinski definition) is 5. The Morgan fingerprint density at radius 3 is 2.23 bits per heavy atom.